The number of benzene rings is 3. The molecule has 0 N–H and O–H groups in total. The summed E-state index contributed by atoms with van der Waals surface area (Å²) < 4.78 is 2.05. The molecular weight excluding hydrogens is 472 g/mol. The van der Waals surface area contributed by atoms with E-state index < -0.39 is 0 Å². The van der Waals surface area contributed by atoms with Gasteiger partial charge in [0.05, 0.1) is 16.1 Å². The van der Waals surface area contributed by atoms with Crippen molar-refractivity contribution in [3.05, 3.63) is 88.9 Å². The third-order valence-corrected chi connectivity index (χ3v) is 7.14. The summed E-state index contributed by atoms with van der Waals surface area (Å²) in [5.41, 5.74) is 4.33. The standard InChI is InChI=1S/C28H25ClN6O/c1-18-11-13-20(14-12-18)25-31-32-26-22-8-4-6-10-24(22)30-28(35(25)26)33-15-16-34(19(2)17-33)27(36)21-7-3-5-9-23(21)29/h3-14,19H,15-17H2,1-2H3. The summed E-state index contributed by atoms with van der Waals surface area (Å²) in [6.45, 7) is 5.95. The number of piperazine rings is 1. The van der Waals surface area contributed by atoms with Gasteiger partial charge in [-0.1, -0.05) is 65.7 Å². The Balaban J connectivity index is 1.41. The van der Waals surface area contributed by atoms with Crippen LogP contribution in [0.5, 0.6) is 0 Å². The van der Waals surface area contributed by atoms with Crippen molar-refractivity contribution in [3.8, 4) is 11.4 Å². The van der Waals surface area contributed by atoms with E-state index in [-0.39, 0.29) is 11.9 Å². The lowest BCUT2D eigenvalue weighted by Crippen LogP contribution is -2.54. The summed E-state index contributed by atoms with van der Waals surface area (Å²) in [6.07, 6.45) is 0. The van der Waals surface area contributed by atoms with E-state index in [1.165, 1.54) is 5.56 Å². The van der Waals surface area contributed by atoms with Crippen molar-refractivity contribution in [2.24, 2.45) is 0 Å². The van der Waals surface area contributed by atoms with Gasteiger partial charge in [-0.3, -0.25) is 4.79 Å². The van der Waals surface area contributed by atoms with Gasteiger partial charge in [-0.05, 0) is 38.1 Å². The number of amides is 1. The third kappa shape index (κ3) is 3.76. The summed E-state index contributed by atoms with van der Waals surface area (Å²) in [4.78, 5) is 22.4. The van der Waals surface area contributed by atoms with E-state index in [2.05, 4.69) is 53.2 Å². The number of aryl methyl sites for hydroxylation is 1. The summed E-state index contributed by atoms with van der Waals surface area (Å²) in [6, 6.07) is 23.4. The molecule has 7 nitrogen and oxygen atoms in total. The number of rotatable bonds is 3. The molecule has 3 aromatic carbocycles. The maximum atomic E-state index is 13.3. The summed E-state index contributed by atoms with van der Waals surface area (Å²) in [7, 11) is 0. The minimum absolute atomic E-state index is 0.0369. The molecule has 0 spiro atoms. The topological polar surface area (TPSA) is 66.6 Å². The van der Waals surface area contributed by atoms with Crippen LogP contribution < -0.4 is 4.90 Å². The van der Waals surface area contributed by atoms with Crippen LogP contribution in [0.15, 0.2) is 72.8 Å². The van der Waals surface area contributed by atoms with Crippen LogP contribution in [0.3, 0.4) is 0 Å². The Labute approximate surface area is 214 Å². The van der Waals surface area contributed by atoms with E-state index in [4.69, 9.17) is 16.6 Å². The number of para-hydroxylation sites is 1. The highest BCUT2D eigenvalue weighted by atomic mass is 35.5. The molecule has 1 fully saturated rings. The summed E-state index contributed by atoms with van der Waals surface area (Å²) >= 11 is 6.32. The van der Waals surface area contributed by atoms with Gasteiger partial charge >= 0.3 is 0 Å². The predicted octanol–water partition coefficient (Wildman–Crippen LogP) is 5.26. The van der Waals surface area contributed by atoms with E-state index in [0.717, 1.165) is 33.9 Å². The van der Waals surface area contributed by atoms with Crippen LogP contribution in [0.2, 0.25) is 5.02 Å². The van der Waals surface area contributed by atoms with Crippen LogP contribution in [0.4, 0.5) is 5.95 Å². The van der Waals surface area contributed by atoms with Crippen molar-refractivity contribution in [3.63, 3.8) is 0 Å². The first kappa shape index (κ1) is 22.5. The first-order chi connectivity index (χ1) is 17.5. The molecule has 0 radical (unpaired) electrons. The molecule has 1 saturated heterocycles. The molecule has 1 aliphatic heterocycles. The second kappa shape index (κ2) is 8.91. The second-order valence-corrected chi connectivity index (χ2v) is 9.66. The molecule has 36 heavy (non-hydrogen) atoms. The average Bonchev–Trinajstić information content (AvgIpc) is 3.34. The largest absolute Gasteiger partial charge is 0.338 e. The third-order valence-electron chi connectivity index (χ3n) is 6.81. The van der Waals surface area contributed by atoms with E-state index in [1.54, 1.807) is 12.1 Å². The average molecular weight is 497 g/mol. The molecule has 0 bridgehead atoms. The lowest BCUT2D eigenvalue weighted by atomic mass is 10.1. The van der Waals surface area contributed by atoms with Crippen molar-refractivity contribution >= 4 is 40.0 Å². The number of carbonyl (C=O) groups is 1. The second-order valence-electron chi connectivity index (χ2n) is 9.25. The first-order valence-electron chi connectivity index (χ1n) is 12.0. The molecule has 1 unspecified atom stereocenters. The molecule has 0 aliphatic carbocycles. The number of fused-ring (bicyclic) bond motifs is 3. The van der Waals surface area contributed by atoms with E-state index in [1.807, 2.05) is 45.7 Å². The molecule has 8 heteroatoms. The Morgan fingerprint density at radius 3 is 2.47 bits per heavy atom. The minimum atomic E-state index is -0.0472. The van der Waals surface area contributed by atoms with Gasteiger partial charge in [0.2, 0.25) is 5.95 Å². The SMILES string of the molecule is Cc1ccc(-c2nnc3c4ccccc4nc(N4CCN(C(=O)c5ccccc5Cl)C(C)C4)n23)cc1. The zero-order chi connectivity index (χ0) is 24.8. The minimum Gasteiger partial charge on any atom is -0.338 e. The maximum absolute atomic E-state index is 13.3. The fraction of sp³-hybridized carbons (Fsp3) is 0.214. The summed E-state index contributed by atoms with van der Waals surface area (Å²) in [5.74, 6) is 1.48. The normalized spacial score (nSPS) is 16.1. The highest BCUT2D eigenvalue weighted by molar-refractivity contribution is 6.33. The number of carbonyl (C=O) groups excluding carboxylic acids is 1. The van der Waals surface area contributed by atoms with Gasteiger partial charge in [0.1, 0.15) is 0 Å². The number of hydrogen-bond acceptors (Lipinski definition) is 5. The van der Waals surface area contributed by atoms with E-state index >= 15 is 0 Å². The molecule has 2 aromatic heterocycles. The first-order valence-corrected chi connectivity index (χ1v) is 12.4. The van der Waals surface area contributed by atoms with Crippen molar-refractivity contribution in [1.82, 2.24) is 24.5 Å². The van der Waals surface area contributed by atoms with Crippen LogP contribution >= 0.6 is 11.6 Å². The molecule has 3 heterocycles. The number of nitrogens with zero attached hydrogens (tertiary/aromatic N) is 6. The van der Waals surface area contributed by atoms with Crippen LogP contribution in [0.1, 0.15) is 22.8 Å². The molecule has 6 rings (SSSR count). The lowest BCUT2D eigenvalue weighted by Gasteiger charge is -2.40. The molecule has 1 amide bonds. The highest BCUT2D eigenvalue weighted by Gasteiger charge is 2.31. The fourth-order valence-electron chi connectivity index (χ4n) is 4.90. The van der Waals surface area contributed by atoms with Gasteiger partial charge in [0, 0.05) is 36.6 Å². The fourth-order valence-corrected chi connectivity index (χ4v) is 5.11. The van der Waals surface area contributed by atoms with Gasteiger partial charge in [0.15, 0.2) is 11.5 Å². The van der Waals surface area contributed by atoms with Crippen LogP contribution in [-0.2, 0) is 0 Å². The lowest BCUT2D eigenvalue weighted by molar-refractivity contribution is 0.0673. The predicted molar refractivity (Wildman–Crippen MR) is 143 cm³/mol. The molecule has 1 aliphatic rings. The number of hydrogen-bond donors (Lipinski definition) is 0. The number of aromatic nitrogens is 4. The molecule has 180 valence electrons. The highest BCUT2D eigenvalue weighted by Crippen LogP contribution is 2.30. The Morgan fingerprint density at radius 2 is 1.69 bits per heavy atom. The Hall–Kier alpha value is -3.97. The van der Waals surface area contributed by atoms with E-state index in [0.29, 0.717) is 30.2 Å². The van der Waals surface area contributed by atoms with Gasteiger partial charge < -0.3 is 9.80 Å². The molecular formula is C28H25ClN6O. The number of halogens is 1. The maximum Gasteiger partial charge on any atom is 0.255 e. The van der Waals surface area contributed by atoms with E-state index in [9.17, 15) is 4.79 Å². The van der Waals surface area contributed by atoms with Crippen molar-refractivity contribution in [2.45, 2.75) is 19.9 Å². The van der Waals surface area contributed by atoms with Crippen LogP contribution in [0.25, 0.3) is 27.9 Å². The summed E-state index contributed by atoms with van der Waals surface area (Å²) in [5, 5.41) is 10.6. The van der Waals surface area contributed by atoms with Crippen LogP contribution in [0, 0.1) is 6.92 Å². The quantitative estimate of drug-likeness (QED) is 0.341. The van der Waals surface area contributed by atoms with Crippen LogP contribution in [-0.4, -0.2) is 56.1 Å². The number of anilines is 1. The Kier molecular flexibility index (Phi) is 5.57. The van der Waals surface area contributed by atoms with Crippen molar-refractivity contribution in [2.75, 3.05) is 24.5 Å². The van der Waals surface area contributed by atoms with Gasteiger partial charge in [-0.25, -0.2) is 9.38 Å². The van der Waals surface area contributed by atoms with Crippen molar-refractivity contribution < 1.29 is 4.79 Å². The monoisotopic (exact) mass is 496 g/mol. The zero-order valence-electron chi connectivity index (χ0n) is 20.1. The molecule has 1 atom stereocenters. The van der Waals surface area contributed by atoms with Crippen molar-refractivity contribution in [1.29, 1.82) is 0 Å². The zero-order valence-corrected chi connectivity index (χ0v) is 20.9. The smallest absolute Gasteiger partial charge is 0.255 e. The molecule has 5 aromatic rings. The molecule has 0 saturated carbocycles. The Bertz CT molecular complexity index is 1600. The van der Waals surface area contributed by atoms with Gasteiger partial charge in [-0.15, -0.1) is 10.2 Å². The Morgan fingerprint density at radius 1 is 0.944 bits per heavy atom. The van der Waals surface area contributed by atoms with Gasteiger partial charge in [0.25, 0.3) is 5.91 Å². The van der Waals surface area contributed by atoms with Gasteiger partial charge in [-0.2, -0.15) is 0 Å².